The predicted octanol–water partition coefficient (Wildman–Crippen LogP) is 3.62. The molecule has 18 heavy (non-hydrogen) atoms. The highest BCUT2D eigenvalue weighted by Crippen LogP contribution is 2.51. The first-order chi connectivity index (χ1) is 8.56. The van der Waals surface area contributed by atoms with Crippen molar-refractivity contribution in [1.82, 2.24) is 0 Å². The van der Waals surface area contributed by atoms with Crippen molar-refractivity contribution in [3.05, 3.63) is 23.7 Å². The number of furan rings is 1. The summed E-state index contributed by atoms with van der Waals surface area (Å²) < 4.78 is 27.7. The third-order valence-electron chi connectivity index (χ3n) is 2.18. The molecule has 5 nitrogen and oxygen atoms in total. The highest BCUT2D eigenvalue weighted by molar-refractivity contribution is 9.09. The minimum Gasteiger partial charge on any atom is -0.472 e. The molecule has 0 radical (unpaired) electrons. The molecule has 0 saturated heterocycles. The van der Waals surface area contributed by atoms with E-state index in [1.807, 2.05) is 0 Å². The van der Waals surface area contributed by atoms with Gasteiger partial charge in [0.2, 0.25) is 0 Å². The highest BCUT2D eigenvalue weighted by Gasteiger charge is 2.27. The van der Waals surface area contributed by atoms with Gasteiger partial charge in [0, 0.05) is 5.56 Å². The van der Waals surface area contributed by atoms with Crippen LogP contribution in [0.1, 0.15) is 29.8 Å². The van der Waals surface area contributed by atoms with Gasteiger partial charge in [-0.25, -0.2) is 0 Å². The van der Waals surface area contributed by atoms with Gasteiger partial charge in [0.1, 0.15) is 6.26 Å². The Kier molecular flexibility index (Phi) is 6.29. The van der Waals surface area contributed by atoms with Crippen molar-refractivity contribution in [2.24, 2.45) is 0 Å². The zero-order chi connectivity index (χ0) is 13.6. The summed E-state index contributed by atoms with van der Waals surface area (Å²) in [6.45, 7) is 4.06. The first kappa shape index (κ1) is 15.6. The summed E-state index contributed by atoms with van der Waals surface area (Å²) in [6, 6.07) is 0. The van der Waals surface area contributed by atoms with Gasteiger partial charge in [0.15, 0.2) is 5.78 Å². The van der Waals surface area contributed by atoms with Crippen molar-refractivity contribution in [2.75, 3.05) is 18.5 Å². The fourth-order valence-electron chi connectivity index (χ4n) is 1.49. The van der Waals surface area contributed by atoms with Crippen LogP contribution in [0.25, 0.3) is 0 Å². The molecule has 0 fully saturated rings. The quantitative estimate of drug-likeness (QED) is 0.411. The number of ketones is 1. The Morgan fingerprint density at radius 1 is 1.33 bits per heavy atom. The Hall–Kier alpha value is -0.420. The van der Waals surface area contributed by atoms with Gasteiger partial charge >= 0.3 is 7.60 Å². The maximum Gasteiger partial charge on any atom is 0.335 e. The molecular weight excluding hydrogens is 323 g/mol. The summed E-state index contributed by atoms with van der Waals surface area (Å²) in [5.74, 6) is -0.127. The zero-order valence-electron chi connectivity index (χ0n) is 10.3. The van der Waals surface area contributed by atoms with Crippen LogP contribution in [0.15, 0.2) is 16.9 Å². The van der Waals surface area contributed by atoms with Crippen molar-refractivity contribution in [2.45, 2.75) is 20.0 Å². The van der Waals surface area contributed by atoms with Gasteiger partial charge in [-0.1, -0.05) is 15.9 Å². The van der Waals surface area contributed by atoms with Crippen LogP contribution in [-0.2, 0) is 19.8 Å². The van der Waals surface area contributed by atoms with E-state index in [0.717, 1.165) is 0 Å². The molecule has 1 aromatic rings. The molecular formula is C11H16BrO5P. The van der Waals surface area contributed by atoms with Crippen molar-refractivity contribution in [3.8, 4) is 0 Å². The maximum absolute atomic E-state index is 12.3. The Morgan fingerprint density at radius 2 is 1.94 bits per heavy atom. The van der Waals surface area contributed by atoms with E-state index in [-0.39, 0.29) is 30.5 Å². The van der Waals surface area contributed by atoms with Crippen LogP contribution in [0.4, 0.5) is 0 Å². The predicted molar refractivity (Wildman–Crippen MR) is 71.4 cm³/mol. The molecule has 0 aliphatic rings. The lowest BCUT2D eigenvalue weighted by molar-refractivity contribution is 0.102. The van der Waals surface area contributed by atoms with Crippen LogP contribution < -0.4 is 0 Å². The molecule has 1 rings (SSSR count). The van der Waals surface area contributed by atoms with Crippen LogP contribution in [0.2, 0.25) is 0 Å². The van der Waals surface area contributed by atoms with Gasteiger partial charge in [0.25, 0.3) is 0 Å². The smallest absolute Gasteiger partial charge is 0.335 e. The van der Waals surface area contributed by atoms with E-state index in [2.05, 4.69) is 15.9 Å². The molecule has 0 aromatic carbocycles. The average molecular weight is 339 g/mol. The lowest BCUT2D eigenvalue weighted by Crippen LogP contribution is -2.04. The largest absolute Gasteiger partial charge is 0.472 e. The molecule has 0 bridgehead atoms. The number of alkyl halides is 1. The number of Topliss-reactive ketones (excluding diaryl/α,β-unsaturated/α-hetero) is 1. The Bertz CT molecular complexity index is 432. The molecule has 0 aliphatic heterocycles. The fraction of sp³-hybridized carbons (Fsp3) is 0.545. The lowest BCUT2D eigenvalue weighted by Gasteiger charge is -2.16. The van der Waals surface area contributed by atoms with Crippen LogP contribution in [0.3, 0.4) is 0 Å². The van der Waals surface area contributed by atoms with E-state index >= 15 is 0 Å². The van der Waals surface area contributed by atoms with Crippen molar-refractivity contribution < 1.29 is 22.8 Å². The van der Waals surface area contributed by atoms with Gasteiger partial charge in [-0.15, -0.1) is 0 Å². The van der Waals surface area contributed by atoms with Crippen LogP contribution >= 0.6 is 23.5 Å². The van der Waals surface area contributed by atoms with Crippen LogP contribution in [0, 0.1) is 0 Å². The third-order valence-corrected chi connectivity index (χ3v) is 4.72. The van der Waals surface area contributed by atoms with E-state index in [9.17, 15) is 9.36 Å². The van der Waals surface area contributed by atoms with Gasteiger partial charge in [-0.05, 0) is 13.8 Å². The molecule has 7 heteroatoms. The second-order valence-corrected chi connectivity index (χ2v) is 6.09. The molecule has 0 unspecified atom stereocenters. The fourth-order valence-corrected chi connectivity index (χ4v) is 3.50. The number of carbonyl (C=O) groups is 1. The molecule has 0 amide bonds. The molecule has 102 valence electrons. The standard InChI is InChI=1S/C11H16BrO5P/c1-3-16-18(14,17-4-2)8-9-6-15-7-10(9)11(13)5-12/h6-7H,3-5,8H2,1-2H3. The van der Waals surface area contributed by atoms with Crippen molar-refractivity contribution in [1.29, 1.82) is 0 Å². The van der Waals surface area contributed by atoms with E-state index in [4.69, 9.17) is 13.5 Å². The van der Waals surface area contributed by atoms with Crippen LogP contribution in [-0.4, -0.2) is 24.3 Å². The normalized spacial score (nSPS) is 11.7. The number of hydrogen-bond donors (Lipinski definition) is 0. The Balaban J connectivity index is 2.91. The first-order valence-electron chi connectivity index (χ1n) is 5.58. The molecule has 0 N–H and O–H groups in total. The molecule has 0 saturated carbocycles. The summed E-state index contributed by atoms with van der Waals surface area (Å²) >= 11 is 3.09. The Morgan fingerprint density at radius 3 is 2.44 bits per heavy atom. The van der Waals surface area contributed by atoms with E-state index < -0.39 is 7.60 Å². The molecule has 1 heterocycles. The average Bonchev–Trinajstić information content (AvgIpc) is 2.76. The minimum atomic E-state index is -3.21. The van der Waals surface area contributed by atoms with Gasteiger partial charge in [-0.3, -0.25) is 9.36 Å². The molecule has 1 aromatic heterocycles. The van der Waals surface area contributed by atoms with Gasteiger partial charge < -0.3 is 13.5 Å². The monoisotopic (exact) mass is 338 g/mol. The molecule has 0 spiro atoms. The second-order valence-electron chi connectivity index (χ2n) is 3.47. The van der Waals surface area contributed by atoms with E-state index in [0.29, 0.717) is 11.1 Å². The number of halogens is 1. The zero-order valence-corrected chi connectivity index (χ0v) is 12.8. The maximum atomic E-state index is 12.3. The van der Waals surface area contributed by atoms with Crippen molar-refractivity contribution >= 4 is 29.3 Å². The molecule has 0 atom stereocenters. The number of rotatable bonds is 8. The lowest BCUT2D eigenvalue weighted by atomic mass is 10.1. The number of hydrogen-bond acceptors (Lipinski definition) is 5. The topological polar surface area (TPSA) is 65.7 Å². The summed E-state index contributed by atoms with van der Waals surface area (Å²) in [5.41, 5.74) is 0.955. The summed E-state index contributed by atoms with van der Waals surface area (Å²) in [5, 5.41) is 0.188. The summed E-state index contributed by atoms with van der Waals surface area (Å²) in [6.07, 6.45) is 2.79. The van der Waals surface area contributed by atoms with Gasteiger partial charge in [0.05, 0.1) is 36.5 Å². The SMILES string of the molecule is CCOP(=O)(Cc1cocc1C(=O)CBr)OCC. The summed E-state index contributed by atoms with van der Waals surface area (Å²) in [7, 11) is -3.21. The first-order valence-corrected chi connectivity index (χ1v) is 8.43. The van der Waals surface area contributed by atoms with Crippen molar-refractivity contribution in [3.63, 3.8) is 0 Å². The summed E-state index contributed by atoms with van der Waals surface area (Å²) in [4.78, 5) is 11.6. The highest BCUT2D eigenvalue weighted by atomic mass is 79.9. The number of carbonyl (C=O) groups excluding carboxylic acids is 1. The minimum absolute atomic E-state index is 0.0409. The Labute approximate surface area is 114 Å². The van der Waals surface area contributed by atoms with E-state index in [1.165, 1.54) is 12.5 Å². The second kappa shape index (κ2) is 7.24. The molecule has 0 aliphatic carbocycles. The van der Waals surface area contributed by atoms with Crippen LogP contribution in [0.5, 0.6) is 0 Å². The van der Waals surface area contributed by atoms with E-state index in [1.54, 1.807) is 13.8 Å². The third kappa shape index (κ3) is 4.05. The van der Waals surface area contributed by atoms with Gasteiger partial charge in [-0.2, -0.15) is 0 Å².